The highest BCUT2D eigenvalue weighted by Gasteiger charge is 2.50. The maximum absolute atomic E-state index is 6.83. The molecule has 160 valence electrons. The zero-order chi connectivity index (χ0) is 20.6. The number of rotatable bonds is 8. The molecule has 2 saturated carbocycles. The van der Waals surface area contributed by atoms with E-state index in [9.17, 15) is 0 Å². The molecule has 4 aromatic rings. The lowest BCUT2D eigenvalue weighted by molar-refractivity contribution is 0.0162. The summed E-state index contributed by atoms with van der Waals surface area (Å²) in [5, 5.41) is 8.67. The Bertz CT molecular complexity index is 922. The van der Waals surface area contributed by atoms with Gasteiger partial charge in [-0.15, -0.1) is 45.3 Å². The fourth-order valence-electron chi connectivity index (χ4n) is 4.57. The van der Waals surface area contributed by atoms with Gasteiger partial charge in [-0.05, 0) is 76.9 Å². The third-order valence-electron chi connectivity index (χ3n) is 6.04. The molecule has 31 heavy (non-hydrogen) atoms. The van der Waals surface area contributed by atoms with Gasteiger partial charge in [0.15, 0.2) is 0 Å². The summed E-state index contributed by atoms with van der Waals surface area (Å²) in [5.74, 6) is 1.42. The van der Waals surface area contributed by atoms with Crippen molar-refractivity contribution < 1.29 is 9.05 Å². The smallest absolute Gasteiger partial charge is 0.113 e. The summed E-state index contributed by atoms with van der Waals surface area (Å²) in [6, 6.07) is 17.5. The molecule has 2 aliphatic carbocycles. The molecule has 0 bridgehead atoms. The number of fused-ring (bicyclic) bond motifs is 1. The van der Waals surface area contributed by atoms with E-state index in [1.165, 1.54) is 31.3 Å². The molecule has 0 saturated heterocycles. The van der Waals surface area contributed by atoms with Crippen LogP contribution in [0.15, 0.2) is 70.1 Å². The van der Waals surface area contributed by atoms with Gasteiger partial charge in [0.2, 0.25) is 0 Å². The van der Waals surface area contributed by atoms with Crippen molar-refractivity contribution in [2.45, 2.75) is 31.5 Å². The van der Waals surface area contributed by atoms with Crippen LogP contribution < -0.4 is 18.5 Å². The molecule has 8 heteroatoms. The van der Waals surface area contributed by atoms with E-state index in [1.807, 2.05) is 45.3 Å². The van der Waals surface area contributed by atoms with E-state index in [-0.39, 0.29) is 0 Å². The average Bonchev–Trinajstić information content (AvgIpc) is 3.60. The normalized spacial score (nSPS) is 25.2. The number of hydrogen-bond acceptors (Lipinski definition) is 6. The molecular formula is C23H22O2P2S4. The fourth-order valence-corrected chi connectivity index (χ4v) is 13.4. The molecule has 0 unspecified atom stereocenters. The molecule has 0 aliphatic heterocycles. The van der Waals surface area contributed by atoms with Crippen molar-refractivity contribution in [1.82, 2.24) is 0 Å². The standard InChI is InChI=1S/C23H22O2P2S4/c1-5-20(28-9-1)26(21-6-2-10-29-21)24-17-13-16-14-19(18(16)15-17)25-27(22-7-3-11-30-22)23-8-4-12-31-23/h1-12,16-19H,13-15H2/t16-,17-,18-,19+/m1/s1. The first kappa shape index (κ1) is 21.1. The zero-order valence-electron chi connectivity index (χ0n) is 16.7. The summed E-state index contributed by atoms with van der Waals surface area (Å²) >= 11 is 7.31. The Morgan fingerprint density at radius 2 is 1.10 bits per heavy atom. The SMILES string of the molecule is c1csc(P(O[C@@H]2C[C@@H]3C[C@H](OP(c4cccs4)c4cccs4)[C@@H]3C2)c2cccs2)c1. The Morgan fingerprint density at radius 1 is 0.613 bits per heavy atom. The van der Waals surface area contributed by atoms with Crippen molar-refractivity contribution in [3.05, 3.63) is 70.1 Å². The predicted octanol–water partition coefficient (Wildman–Crippen LogP) is 6.53. The quantitative estimate of drug-likeness (QED) is 0.246. The van der Waals surface area contributed by atoms with Crippen molar-refractivity contribution >= 4 is 80.1 Å². The van der Waals surface area contributed by atoms with Crippen LogP contribution in [0, 0.1) is 11.8 Å². The van der Waals surface area contributed by atoms with Crippen LogP contribution in [0.2, 0.25) is 0 Å². The first-order valence-corrected chi connectivity index (χ1v) is 16.5. The monoisotopic (exact) mass is 520 g/mol. The van der Waals surface area contributed by atoms with Gasteiger partial charge in [-0.2, -0.15) is 0 Å². The molecule has 0 amide bonds. The largest absolute Gasteiger partial charge is 0.345 e. The minimum absolute atomic E-state index is 0.355. The van der Waals surface area contributed by atoms with Gasteiger partial charge >= 0.3 is 0 Å². The van der Waals surface area contributed by atoms with Crippen molar-refractivity contribution in [1.29, 1.82) is 0 Å². The third kappa shape index (κ3) is 4.39. The van der Waals surface area contributed by atoms with Gasteiger partial charge < -0.3 is 9.05 Å². The lowest BCUT2D eigenvalue weighted by Crippen LogP contribution is -2.39. The van der Waals surface area contributed by atoms with Crippen LogP contribution in [0.5, 0.6) is 0 Å². The fraction of sp³-hybridized carbons (Fsp3) is 0.304. The molecule has 0 aromatic carbocycles. The zero-order valence-corrected chi connectivity index (χ0v) is 21.8. The topological polar surface area (TPSA) is 18.5 Å². The molecule has 2 aliphatic rings. The molecule has 4 aromatic heterocycles. The summed E-state index contributed by atoms with van der Waals surface area (Å²) in [4.78, 5) is 0. The second-order valence-electron chi connectivity index (χ2n) is 7.90. The predicted molar refractivity (Wildman–Crippen MR) is 140 cm³/mol. The Morgan fingerprint density at radius 3 is 1.55 bits per heavy atom. The van der Waals surface area contributed by atoms with Gasteiger partial charge in [0.1, 0.15) is 16.3 Å². The highest BCUT2D eigenvalue weighted by Crippen LogP contribution is 2.56. The third-order valence-corrected chi connectivity index (χ3v) is 15.2. The molecule has 4 heterocycles. The number of hydrogen-bond donors (Lipinski definition) is 0. The molecule has 4 atom stereocenters. The summed E-state index contributed by atoms with van der Waals surface area (Å²) in [7, 11) is -1.37. The highest BCUT2D eigenvalue weighted by atomic mass is 32.1. The molecule has 0 spiro atoms. The van der Waals surface area contributed by atoms with Crippen LogP contribution in [0.25, 0.3) is 0 Å². The van der Waals surface area contributed by atoms with Gasteiger partial charge in [0.05, 0.1) is 30.7 Å². The van der Waals surface area contributed by atoms with Crippen LogP contribution in [0.3, 0.4) is 0 Å². The minimum Gasteiger partial charge on any atom is -0.345 e. The summed E-state index contributed by atoms with van der Waals surface area (Å²) in [6.07, 6.45) is 4.26. The second-order valence-corrected chi connectivity index (χ2v) is 16.4. The van der Waals surface area contributed by atoms with Gasteiger partial charge in [-0.25, -0.2) is 0 Å². The summed E-state index contributed by atoms with van der Waals surface area (Å²) in [6.45, 7) is 0. The maximum atomic E-state index is 6.83. The van der Waals surface area contributed by atoms with Crippen LogP contribution in [-0.4, -0.2) is 12.2 Å². The van der Waals surface area contributed by atoms with Crippen molar-refractivity contribution in [2.24, 2.45) is 11.8 Å². The van der Waals surface area contributed by atoms with E-state index >= 15 is 0 Å². The highest BCUT2D eigenvalue weighted by molar-refractivity contribution is 7.78. The van der Waals surface area contributed by atoms with Gasteiger partial charge in [-0.1, -0.05) is 24.3 Å². The Kier molecular flexibility index (Phi) is 6.44. The van der Waals surface area contributed by atoms with Crippen LogP contribution in [0.1, 0.15) is 19.3 Å². The molecule has 0 radical (unpaired) electrons. The second kappa shape index (κ2) is 9.44. The molecule has 0 N–H and O–H groups in total. The minimum atomic E-state index is -0.685. The average molecular weight is 521 g/mol. The Hall–Kier alpha value is -0.420. The Balaban J connectivity index is 1.14. The first-order chi connectivity index (χ1) is 15.3. The first-order valence-electron chi connectivity index (χ1n) is 10.4. The van der Waals surface area contributed by atoms with Crippen LogP contribution >= 0.6 is 61.6 Å². The molecule has 6 rings (SSSR count). The van der Waals surface area contributed by atoms with E-state index in [2.05, 4.69) is 70.1 Å². The molecular weight excluding hydrogens is 498 g/mol. The van der Waals surface area contributed by atoms with E-state index in [0.717, 1.165) is 12.3 Å². The van der Waals surface area contributed by atoms with E-state index < -0.39 is 16.3 Å². The summed E-state index contributed by atoms with van der Waals surface area (Å²) in [5.41, 5.74) is 0. The Labute approximate surface area is 201 Å². The van der Waals surface area contributed by atoms with Crippen molar-refractivity contribution in [3.8, 4) is 0 Å². The van der Waals surface area contributed by atoms with E-state index in [4.69, 9.17) is 9.05 Å². The van der Waals surface area contributed by atoms with Gasteiger partial charge in [0.25, 0.3) is 0 Å². The van der Waals surface area contributed by atoms with Crippen molar-refractivity contribution in [2.75, 3.05) is 0 Å². The van der Waals surface area contributed by atoms with Crippen LogP contribution in [-0.2, 0) is 9.05 Å². The van der Waals surface area contributed by atoms with Gasteiger partial charge in [0, 0.05) is 0 Å². The molecule has 2 nitrogen and oxygen atoms in total. The molecule has 2 fully saturated rings. The maximum Gasteiger partial charge on any atom is 0.113 e. The lowest BCUT2D eigenvalue weighted by atomic mass is 9.74. The summed E-state index contributed by atoms with van der Waals surface area (Å²) < 4.78 is 19.2. The number of thiophene rings is 4. The van der Waals surface area contributed by atoms with E-state index in [0.29, 0.717) is 18.1 Å². The van der Waals surface area contributed by atoms with Crippen molar-refractivity contribution in [3.63, 3.8) is 0 Å². The van der Waals surface area contributed by atoms with E-state index in [1.54, 1.807) is 0 Å². The van der Waals surface area contributed by atoms with Crippen LogP contribution in [0.4, 0.5) is 0 Å². The lowest BCUT2D eigenvalue weighted by Gasteiger charge is -2.41. The van der Waals surface area contributed by atoms with Gasteiger partial charge in [-0.3, -0.25) is 0 Å².